The summed E-state index contributed by atoms with van der Waals surface area (Å²) in [5.41, 5.74) is 7.61. The Morgan fingerprint density at radius 3 is 2.52 bits per heavy atom. The molecule has 1 aromatic carbocycles. The first-order valence-corrected chi connectivity index (χ1v) is 7.09. The van der Waals surface area contributed by atoms with Crippen LogP contribution in [0.15, 0.2) is 36.5 Å². The number of nitrogen functional groups attached to an aromatic ring is 1. The van der Waals surface area contributed by atoms with E-state index in [0.717, 1.165) is 13.0 Å². The number of benzene rings is 1. The Morgan fingerprint density at radius 2 is 1.95 bits per heavy atom. The lowest BCUT2D eigenvalue weighted by Crippen LogP contribution is -2.32. The topological polar surface area (TPSA) is 51.3 Å². The lowest BCUT2D eigenvalue weighted by Gasteiger charge is -2.21. The van der Waals surface area contributed by atoms with E-state index in [1.54, 1.807) is 29.3 Å². The zero-order valence-corrected chi connectivity index (χ0v) is 12.3. The quantitative estimate of drug-likeness (QED) is 0.918. The van der Waals surface area contributed by atoms with Crippen molar-refractivity contribution >= 4 is 17.3 Å². The number of carbonyl (C=O) groups excluding carboxylic acids is 1. The monoisotopic (exact) mass is 289 g/mol. The Hall–Kier alpha value is -2.30. The van der Waals surface area contributed by atoms with Gasteiger partial charge in [-0.2, -0.15) is 0 Å². The predicted octanol–water partition coefficient (Wildman–Crippen LogP) is 3.29. The number of hydrogen-bond donors (Lipinski definition) is 1. The number of hydrogen-bond acceptors (Lipinski definition) is 2. The molecule has 0 spiro atoms. The molecule has 1 aromatic heterocycles. The van der Waals surface area contributed by atoms with E-state index >= 15 is 0 Å². The van der Waals surface area contributed by atoms with Gasteiger partial charge in [-0.1, -0.05) is 6.92 Å². The Morgan fingerprint density at radius 1 is 1.29 bits per heavy atom. The van der Waals surface area contributed by atoms with Crippen molar-refractivity contribution in [1.82, 2.24) is 4.57 Å². The summed E-state index contributed by atoms with van der Waals surface area (Å²) in [7, 11) is 0. The van der Waals surface area contributed by atoms with Crippen molar-refractivity contribution in [3.8, 4) is 0 Å². The molecule has 0 saturated carbocycles. The first kappa shape index (κ1) is 15.1. The van der Waals surface area contributed by atoms with Gasteiger partial charge >= 0.3 is 0 Å². The third-order valence-corrected chi connectivity index (χ3v) is 3.30. The fourth-order valence-corrected chi connectivity index (χ4v) is 2.34. The average Bonchev–Trinajstić information content (AvgIpc) is 2.83. The van der Waals surface area contributed by atoms with Gasteiger partial charge < -0.3 is 15.2 Å². The van der Waals surface area contributed by atoms with Gasteiger partial charge in [0.1, 0.15) is 11.5 Å². The van der Waals surface area contributed by atoms with Crippen LogP contribution in [-0.4, -0.2) is 17.0 Å². The second-order valence-electron chi connectivity index (χ2n) is 4.88. The normalized spacial score (nSPS) is 10.6. The fraction of sp³-hybridized carbons (Fsp3) is 0.312. The van der Waals surface area contributed by atoms with Crippen molar-refractivity contribution in [3.05, 3.63) is 48.0 Å². The van der Waals surface area contributed by atoms with Crippen molar-refractivity contribution in [2.24, 2.45) is 0 Å². The molecule has 1 amide bonds. The SMILES string of the molecule is CCCn1cc(N)cc1C(=O)N(CC)c1ccc(F)cc1. The summed E-state index contributed by atoms with van der Waals surface area (Å²) in [5.74, 6) is -0.449. The molecule has 112 valence electrons. The summed E-state index contributed by atoms with van der Waals surface area (Å²) < 4.78 is 14.9. The first-order chi connectivity index (χ1) is 10.1. The summed E-state index contributed by atoms with van der Waals surface area (Å²) in [6.45, 7) is 5.17. The molecule has 2 N–H and O–H groups in total. The van der Waals surface area contributed by atoms with E-state index in [1.807, 2.05) is 18.4 Å². The molecule has 5 heteroatoms. The molecule has 0 radical (unpaired) electrons. The number of amides is 1. The molecule has 2 aromatic rings. The Kier molecular flexibility index (Phi) is 4.62. The van der Waals surface area contributed by atoms with Gasteiger partial charge in [0.05, 0.1) is 5.69 Å². The van der Waals surface area contributed by atoms with E-state index in [1.165, 1.54) is 12.1 Å². The highest BCUT2D eigenvalue weighted by atomic mass is 19.1. The van der Waals surface area contributed by atoms with Crippen LogP contribution in [0.25, 0.3) is 0 Å². The third-order valence-electron chi connectivity index (χ3n) is 3.30. The van der Waals surface area contributed by atoms with Gasteiger partial charge in [0.15, 0.2) is 0 Å². The highest BCUT2D eigenvalue weighted by Gasteiger charge is 2.20. The summed E-state index contributed by atoms with van der Waals surface area (Å²) in [5, 5.41) is 0. The summed E-state index contributed by atoms with van der Waals surface area (Å²) >= 11 is 0. The third kappa shape index (κ3) is 3.24. The van der Waals surface area contributed by atoms with Crippen molar-refractivity contribution in [1.29, 1.82) is 0 Å². The Balaban J connectivity index is 2.34. The van der Waals surface area contributed by atoms with Gasteiger partial charge in [0.2, 0.25) is 0 Å². The maximum atomic E-state index is 13.0. The van der Waals surface area contributed by atoms with Gasteiger partial charge in [-0.15, -0.1) is 0 Å². The minimum absolute atomic E-state index is 0.130. The molecule has 0 aliphatic rings. The molecule has 0 bridgehead atoms. The standard InChI is InChI=1S/C16H20FN3O/c1-3-9-19-11-13(18)10-15(19)16(21)20(4-2)14-7-5-12(17)6-8-14/h5-8,10-11H,3-4,9,18H2,1-2H3. The molecule has 0 aliphatic carbocycles. The van der Waals surface area contributed by atoms with Crippen molar-refractivity contribution < 1.29 is 9.18 Å². The minimum Gasteiger partial charge on any atom is -0.397 e. The van der Waals surface area contributed by atoms with Crippen molar-refractivity contribution in [3.63, 3.8) is 0 Å². The van der Waals surface area contributed by atoms with Crippen LogP contribution >= 0.6 is 0 Å². The van der Waals surface area contributed by atoms with Gasteiger partial charge in [-0.3, -0.25) is 4.79 Å². The highest BCUT2D eigenvalue weighted by Crippen LogP contribution is 2.20. The van der Waals surface area contributed by atoms with Crippen LogP contribution in [0.3, 0.4) is 0 Å². The van der Waals surface area contributed by atoms with Crippen molar-refractivity contribution in [2.75, 3.05) is 17.2 Å². The van der Waals surface area contributed by atoms with E-state index in [4.69, 9.17) is 5.73 Å². The molecule has 0 unspecified atom stereocenters. The number of nitrogens with zero attached hydrogens (tertiary/aromatic N) is 2. The number of rotatable bonds is 5. The Bertz CT molecular complexity index is 619. The van der Waals surface area contributed by atoms with Crippen LogP contribution < -0.4 is 10.6 Å². The molecule has 21 heavy (non-hydrogen) atoms. The number of nitrogens with two attached hydrogens (primary N) is 1. The van der Waals surface area contributed by atoms with Gasteiger partial charge in [0.25, 0.3) is 5.91 Å². The van der Waals surface area contributed by atoms with Crippen LogP contribution in [0.1, 0.15) is 30.8 Å². The van der Waals surface area contributed by atoms with Gasteiger partial charge in [0, 0.05) is 25.0 Å². The van der Waals surface area contributed by atoms with E-state index in [0.29, 0.717) is 23.6 Å². The number of carbonyl (C=O) groups is 1. The van der Waals surface area contributed by atoms with E-state index in [2.05, 4.69) is 0 Å². The minimum atomic E-state index is -0.319. The second-order valence-corrected chi connectivity index (χ2v) is 4.88. The molecular formula is C16H20FN3O. The highest BCUT2D eigenvalue weighted by molar-refractivity contribution is 6.05. The summed E-state index contributed by atoms with van der Waals surface area (Å²) in [6, 6.07) is 7.60. The lowest BCUT2D eigenvalue weighted by atomic mass is 10.2. The fourth-order valence-electron chi connectivity index (χ4n) is 2.34. The molecule has 4 nitrogen and oxygen atoms in total. The molecule has 0 aliphatic heterocycles. The van der Waals surface area contributed by atoms with Crippen LogP contribution in [0.4, 0.5) is 15.8 Å². The van der Waals surface area contributed by atoms with E-state index in [-0.39, 0.29) is 11.7 Å². The summed E-state index contributed by atoms with van der Waals surface area (Å²) in [4.78, 5) is 14.3. The predicted molar refractivity (Wildman–Crippen MR) is 82.9 cm³/mol. The second kappa shape index (κ2) is 6.43. The molecule has 2 rings (SSSR count). The number of anilines is 2. The van der Waals surface area contributed by atoms with Crippen LogP contribution in [0.2, 0.25) is 0 Å². The maximum Gasteiger partial charge on any atom is 0.274 e. The number of aryl methyl sites for hydroxylation is 1. The summed E-state index contributed by atoms with van der Waals surface area (Å²) in [6.07, 6.45) is 2.69. The molecular weight excluding hydrogens is 269 g/mol. The molecule has 0 fully saturated rings. The number of aromatic nitrogens is 1. The van der Waals surface area contributed by atoms with Crippen LogP contribution in [-0.2, 0) is 6.54 Å². The van der Waals surface area contributed by atoms with Crippen LogP contribution in [0.5, 0.6) is 0 Å². The number of halogens is 1. The van der Waals surface area contributed by atoms with Crippen molar-refractivity contribution in [2.45, 2.75) is 26.8 Å². The molecule has 0 saturated heterocycles. The van der Waals surface area contributed by atoms with Gasteiger partial charge in [-0.05, 0) is 43.7 Å². The Labute approximate surface area is 124 Å². The smallest absolute Gasteiger partial charge is 0.274 e. The van der Waals surface area contributed by atoms with Gasteiger partial charge in [-0.25, -0.2) is 4.39 Å². The maximum absolute atomic E-state index is 13.0. The van der Waals surface area contributed by atoms with Crippen LogP contribution in [0, 0.1) is 5.82 Å². The van der Waals surface area contributed by atoms with E-state index in [9.17, 15) is 9.18 Å². The van der Waals surface area contributed by atoms with E-state index < -0.39 is 0 Å². The lowest BCUT2D eigenvalue weighted by molar-refractivity contribution is 0.0979. The zero-order chi connectivity index (χ0) is 15.4. The molecule has 0 atom stereocenters. The largest absolute Gasteiger partial charge is 0.397 e. The first-order valence-electron chi connectivity index (χ1n) is 7.09. The average molecular weight is 289 g/mol. The molecule has 1 heterocycles. The zero-order valence-electron chi connectivity index (χ0n) is 12.3.